The van der Waals surface area contributed by atoms with Gasteiger partial charge in [0.15, 0.2) is 0 Å². The van der Waals surface area contributed by atoms with Crippen LogP contribution in [-0.4, -0.2) is 5.78 Å². The van der Waals surface area contributed by atoms with E-state index < -0.39 is 0 Å². The zero-order chi connectivity index (χ0) is 14.7. The van der Waals surface area contributed by atoms with Gasteiger partial charge in [0, 0.05) is 22.4 Å². The molecule has 0 saturated heterocycles. The second kappa shape index (κ2) is 6.95. The molecule has 1 aliphatic carbocycles. The predicted octanol–water partition coefficient (Wildman–Crippen LogP) is 5.57. The smallest absolute Gasteiger partial charge is 0.140 e. The van der Waals surface area contributed by atoms with Gasteiger partial charge in [-0.05, 0) is 61.3 Å². The summed E-state index contributed by atoms with van der Waals surface area (Å²) < 4.78 is 0. The molecule has 0 aromatic heterocycles. The molecule has 1 aromatic rings. The number of benzene rings is 1. The van der Waals surface area contributed by atoms with Crippen LogP contribution in [0.4, 0.5) is 0 Å². The molecule has 2 rings (SSSR count). The minimum absolute atomic E-state index is 0.208. The van der Waals surface area contributed by atoms with Gasteiger partial charge in [-0.15, -0.1) is 0 Å². The van der Waals surface area contributed by atoms with Gasteiger partial charge in [0.1, 0.15) is 5.78 Å². The fourth-order valence-electron chi connectivity index (χ4n) is 3.12. The molecule has 1 fully saturated rings. The van der Waals surface area contributed by atoms with Crippen LogP contribution in [0.5, 0.6) is 0 Å². The van der Waals surface area contributed by atoms with Crippen LogP contribution >= 0.6 is 23.2 Å². The van der Waals surface area contributed by atoms with Crippen molar-refractivity contribution in [3.8, 4) is 0 Å². The summed E-state index contributed by atoms with van der Waals surface area (Å²) in [6.07, 6.45) is 4.82. The number of Topliss-reactive ketones (excluding diaryl/α,β-unsaturated/α-hetero) is 1. The molecule has 1 aromatic carbocycles. The largest absolute Gasteiger partial charge is 0.299 e. The van der Waals surface area contributed by atoms with E-state index in [1.165, 1.54) is 12.8 Å². The Bertz CT molecular complexity index is 474. The predicted molar refractivity (Wildman–Crippen MR) is 85.5 cm³/mol. The average Bonchev–Trinajstić information content (AvgIpc) is 2.43. The van der Waals surface area contributed by atoms with Gasteiger partial charge in [0.25, 0.3) is 0 Å². The molecule has 1 nitrogen and oxygen atoms in total. The van der Waals surface area contributed by atoms with Crippen molar-refractivity contribution in [2.45, 2.75) is 46.0 Å². The zero-order valence-electron chi connectivity index (χ0n) is 12.2. The Balaban J connectivity index is 1.94. The van der Waals surface area contributed by atoms with Gasteiger partial charge in [-0.3, -0.25) is 4.79 Å². The third-order valence-corrected chi connectivity index (χ3v) is 5.15. The molecular formula is C17H22Cl2O. The second-order valence-corrected chi connectivity index (χ2v) is 7.08. The summed E-state index contributed by atoms with van der Waals surface area (Å²) in [5.74, 6) is 2.04. The van der Waals surface area contributed by atoms with Gasteiger partial charge in [0.2, 0.25) is 0 Å². The summed E-state index contributed by atoms with van der Waals surface area (Å²) in [6, 6.07) is 5.33. The van der Waals surface area contributed by atoms with E-state index in [1.807, 2.05) is 6.07 Å². The molecule has 0 N–H and O–H groups in total. The van der Waals surface area contributed by atoms with E-state index in [1.54, 1.807) is 12.1 Å². The van der Waals surface area contributed by atoms with Gasteiger partial charge >= 0.3 is 0 Å². The number of carbonyl (C=O) groups excluding carboxylic acids is 1. The van der Waals surface area contributed by atoms with Crippen LogP contribution in [0.2, 0.25) is 10.0 Å². The molecule has 20 heavy (non-hydrogen) atoms. The van der Waals surface area contributed by atoms with Gasteiger partial charge in [-0.1, -0.05) is 37.0 Å². The highest BCUT2D eigenvalue weighted by Crippen LogP contribution is 2.34. The first kappa shape index (κ1) is 15.9. The Kier molecular flexibility index (Phi) is 5.51. The van der Waals surface area contributed by atoms with Crippen LogP contribution in [0.3, 0.4) is 0 Å². The fourth-order valence-corrected chi connectivity index (χ4v) is 3.50. The molecular weight excluding hydrogens is 291 g/mol. The first-order valence-electron chi connectivity index (χ1n) is 7.44. The number of hydrogen-bond donors (Lipinski definition) is 0. The summed E-state index contributed by atoms with van der Waals surface area (Å²) in [4.78, 5) is 12.4. The Hall–Kier alpha value is -0.530. The van der Waals surface area contributed by atoms with E-state index in [0.717, 1.165) is 30.2 Å². The SMILES string of the molecule is CC(C)C1CCC(C(=O)Cc2cc(Cl)ccc2Cl)CC1. The van der Waals surface area contributed by atoms with Crippen molar-refractivity contribution in [3.63, 3.8) is 0 Å². The lowest BCUT2D eigenvalue weighted by molar-refractivity contribution is -0.123. The third-order valence-electron chi connectivity index (χ3n) is 4.54. The molecule has 0 spiro atoms. The minimum atomic E-state index is 0.208. The second-order valence-electron chi connectivity index (χ2n) is 6.23. The maximum Gasteiger partial charge on any atom is 0.140 e. The Morgan fingerprint density at radius 1 is 1.20 bits per heavy atom. The van der Waals surface area contributed by atoms with E-state index >= 15 is 0 Å². The lowest BCUT2D eigenvalue weighted by atomic mass is 9.75. The van der Waals surface area contributed by atoms with Gasteiger partial charge in [0.05, 0.1) is 0 Å². The van der Waals surface area contributed by atoms with Crippen molar-refractivity contribution in [2.24, 2.45) is 17.8 Å². The molecule has 0 heterocycles. The van der Waals surface area contributed by atoms with Crippen LogP contribution in [0, 0.1) is 17.8 Å². The number of carbonyl (C=O) groups is 1. The zero-order valence-corrected chi connectivity index (χ0v) is 13.7. The molecule has 1 aliphatic rings. The molecule has 3 heteroatoms. The van der Waals surface area contributed by atoms with Crippen LogP contribution in [0.25, 0.3) is 0 Å². The Morgan fingerprint density at radius 3 is 2.45 bits per heavy atom. The summed E-state index contributed by atoms with van der Waals surface area (Å²) in [5.41, 5.74) is 0.857. The number of halogens is 2. The lowest BCUT2D eigenvalue weighted by Crippen LogP contribution is -2.25. The maximum atomic E-state index is 12.4. The van der Waals surface area contributed by atoms with Gasteiger partial charge in [-0.2, -0.15) is 0 Å². The summed E-state index contributed by atoms with van der Waals surface area (Å²) in [5, 5.41) is 1.28. The third kappa shape index (κ3) is 3.99. The monoisotopic (exact) mass is 312 g/mol. The highest BCUT2D eigenvalue weighted by molar-refractivity contribution is 6.33. The summed E-state index contributed by atoms with van der Waals surface area (Å²) >= 11 is 12.1. The molecule has 0 bridgehead atoms. The molecule has 1 saturated carbocycles. The first-order chi connectivity index (χ1) is 9.47. The number of ketones is 1. The summed E-state index contributed by atoms with van der Waals surface area (Å²) in [6.45, 7) is 4.55. The first-order valence-corrected chi connectivity index (χ1v) is 8.19. The highest BCUT2D eigenvalue weighted by Gasteiger charge is 2.27. The normalized spacial score (nSPS) is 23.1. The van der Waals surface area contributed by atoms with Crippen LogP contribution in [0.1, 0.15) is 45.1 Å². The van der Waals surface area contributed by atoms with E-state index in [2.05, 4.69) is 13.8 Å². The minimum Gasteiger partial charge on any atom is -0.299 e. The quantitative estimate of drug-likeness (QED) is 0.710. The molecule has 0 unspecified atom stereocenters. The van der Waals surface area contributed by atoms with Crippen molar-refractivity contribution in [3.05, 3.63) is 33.8 Å². The van der Waals surface area contributed by atoms with Crippen LogP contribution < -0.4 is 0 Å². The topological polar surface area (TPSA) is 17.1 Å². The van der Waals surface area contributed by atoms with E-state index in [-0.39, 0.29) is 5.92 Å². The average molecular weight is 313 g/mol. The maximum absolute atomic E-state index is 12.4. The Morgan fingerprint density at radius 2 is 1.85 bits per heavy atom. The van der Waals surface area contributed by atoms with Gasteiger partial charge < -0.3 is 0 Å². The summed E-state index contributed by atoms with van der Waals surface area (Å²) in [7, 11) is 0. The van der Waals surface area contributed by atoms with Crippen LogP contribution in [-0.2, 0) is 11.2 Å². The van der Waals surface area contributed by atoms with Crippen molar-refractivity contribution < 1.29 is 4.79 Å². The molecule has 0 atom stereocenters. The van der Waals surface area contributed by atoms with Crippen molar-refractivity contribution in [2.75, 3.05) is 0 Å². The van der Waals surface area contributed by atoms with E-state index in [4.69, 9.17) is 23.2 Å². The highest BCUT2D eigenvalue weighted by atomic mass is 35.5. The molecule has 0 aliphatic heterocycles. The van der Waals surface area contributed by atoms with Crippen molar-refractivity contribution in [1.29, 1.82) is 0 Å². The van der Waals surface area contributed by atoms with Crippen molar-refractivity contribution >= 4 is 29.0 Å². The molecule has 0 radical (unpaired) electrons. The fraction of sp³-hybridized carbons (Fsp3) is 0.588. The standard InChI is InChI=1S/C17H22Cl2O/c1-11(2)12-3-5-13(6-4-12)17(20)10-14-9-15(18)7-8-16(14)19/h7-9,11-13H,3-6,10H2,1-2H3. The van der Waals surface area contributed by atoms with E-state index in [9.17, 15) is 4.79 Å². The number of hydrogen-bond acceptors (Lipinski definition) is 1. The number of rotatable bonds is 4. The molecule has 110 valence electrons. The van der Waals surface area contributed by atoms with Crippen LogP contribution in [0.15, 0.2) is 18.2 Å². The van der Waals surface area contributed by atoms with Crippen molar-refractivity contribution in [1.82, 2.24) is 0 Å². The lowest BCUT2D eigenvalue weighted by Gasteiger charge is -2.30. The van der Waals surface area contributed by atoms with E-state index in [0.29, 0.717) is 22.2 Å². The Labute approximate surface area is 131 Å². The molecule has 0 amide bonds. The van der Waals surface area contributed by atoms with Gasteiger partial charge in [-0.25, -0.2) is 0 Å².